The number of ether oxygens (including phenoxy) is 1. The first kappa shape index (κ1) is 14.2. The molecule has 0 aromatic rings. The van der Waals surface area contributed by atoms with Crippen LogP contribution in [0.1, 0.15) is 0 Å². The summed E-state index contributed by atoms with van der Waals surface area (Å²) in [5.41, 5.74) is 0. The van der Waals surface area contributed by atoms with Crippen molar-refractivity contribution in [3.63, 3.8) is 0 Å². The minimum Gasteiger partial charge on any atom is -0.374 e. The third-order valence-electron chi connectivity index (χ3n) is 1.31. The van der Waals surface area contributed by atoms with Crippen LogP contribution in [0.5, 0.6) is 0 Å². The number of halogens is 2. The molecule has 0 aliphatic rings. The van der Waals surface area contributed by atoms with E-state index in [1.165, 1.54) is 0 Å². The van der Waals surface area contributed by atoms with Gasteiger partial charge in [-0.3, -0.25) is 9.59 Å². The number of nitriles is 1. The van der Waals surface area contributed by atoms with E-state index < -0.39 is 24.8 Å². The number of hydrogen-bond donors (Lipinski definition) is 2. The van der Waals surface area contributed by atoms with E-state index in [1.807, 2.05) is 5.32 Å². The molecule has 0 aromatic heterocycles. The van der Waals surface area contributed by atoms with Crippen molar-refractivity contribution < 1.29 is 23.1 Å². The Morgan fingerprint density at radius 1 is 1.31 bits per heavy atom. The van der Waals surface area contributed by atoms with Gasteiger partial charge in [-0.25, -0.2) is 8.78 Å². The zero-order chi connectivity index (χ0) is 12.4. The Balaban J connectivity index is 3.51. The van der Waals surface area contributed by atoms with Gasteiger partial charge in [0, 0.05) is 6.54 Å². The van der Waals surface area contributed by atoms with E-state index in [0.717, 1.165) is 0 Å². The Morgan fingerprint density at radius 3 is 2.50 bits per heavy atom. The number of hydrogen-bond acceptors (Lipinski definition) is 4. The Kier molecular flexibility index (Phi) is 7.61. The van der Waals surface area contributed by atoms with Gasteiger partial charge in [-0.2, -0.15) is 5.26 Å². The predicted octanol–water partition coefficient (Wildman–Crippen LogP) is -0.976. The van der Waals surface area contributed by atoms with Gasteiger partial charge in [0.25, 0.3) is 6.43 Å². The Bertz CT molecular complexity index is 278. The first-order valence-electron chi connectivity index (χ1n) is 4.36. The van der Waals surface area contributed by atoms with Crippen molar-refractivity contribution in [1.29, 1.82) is 5.26 Å². The van der Waals surface area contributed by atoms with E-state index in [9.17, 15) is 18.4 Å². The smallest absolute Gasteiger partial charge is 0.310 e. The number of carbonyl (C=O) groups excluding carboxylic acids is 2. The summed E-state index contributed by atoms with van der Waals surface area (Å²) in [7, 11) is 0. The summed E-state index contributed by atoms with van der Waals surface area (Å²) in [5.74, 6) is -1.88. The number of nitrogens with one attached hydrogen (secondary N) is 2. The standard InChI is InChI=1S/C8H11F2N3O3/c9-6(10)5-16-4-3-13-8(15)7(14)12-2-1-11/h6H,2-5H2,(H,12,14)(H,13,15). The van der Waals surface area contributed by atoms with Crippen molar-refractivity contribution in [2.24, 2.45) is 0 Å². The topological polar surface area (TPSA) is 91.2 Å². The molecule has 0 atom stereocenters. The molecule has 0 saturated carbocycles. The first-order valence-corrected chi connectivity index (χ1v) is 4.36. The molecular weight excluding hydrogens is 224 g/mol. The second-order valence-electron chi connectivity index (χ2n) is 2.56. The van der Waals surface area contributed by atoms with Gasteiger partial charge in [-0.05, 0) is 0 Å². The van der Waals surface area contributed by atoms with E-state index >= 15 is 0 Å². The van der Waals surface area contributed by atoms with Crippen LogP contribution in [0.2, 0.25) is 0 Å². The highest BCUT2D eigenvalue weighted by molar-refractivity contribution is 6.35. The molecule has 6 nitrogen and oxygen atoms in total. The van der Waals surface area contributed by atoms with Crippen LogP contribution in [-0.4, -0.2) is 44.5 Å². The normalized spacial score (nSPS) is 9.62. The van der Waals surface area contributed by atoms with Crippen molar-refractivity contribution in [2.45, 2.75) is 6.43 Å². The number of rotatable bonds is 6. The van der Waals surface area contributed by atoms with Crippen LogP contribution in [0.3, 0.4) is 0 Å². The fourth-order valence-electron chi connectivity index (χ4n) is 0.690. The maximum absolute atomic E-state index is 11.6. The molecule has 0 aliphatic carbocycles. The summed E-state index contributed by atoms with van der Waals surface area (Å²) in [6.45, 7) is -1.14. The van der Waals surface area contributed by atoms with Gasteiger partial charge in [-0.15, -0.1) is 0 Å². The lowest BCUT2D eigenvalue weighted by atomic mass is 10.5. The molecule has 2 N–H and O–H groups in total. The maximum atomic E-state index is 11.6. The van der Waals surface area contributed by atoms with Crippen LogP contribution in [0.4, 0.5) is 8.78 Å². The average Bonchev–Trinajstić information content (AvgIpc) is 2.24. The van der Waals surface area contributed by atoms with E-state index in [-0.39, 0.29) is 19.7 Å². The maximum Gasteiger partial charge on any atom is 0.310 e. The lowest BCUT2D eigenvalue weighted by molar-refractivity contribution is -0.139. The molecule has 0 radical (unpaired) electrons. The molecular formula is C8H11F2N3O3. The SMILES string of the molecule is N#CCNC(=O)C(=O)NCCOCC(F)F. The van der Waals surface area contributed by atoms with Crippen molar-refractivity contribution in [3.8, 4) is 6.07 Å². The molecule has 0 spiro atoms. The van der Waals surface area contributed by atoms with Gasteiger partial charge in [0.2, 0.25) is 0 Å². The molecule has 0 fully saturated rings. The van der Waals surface area contributed by atoms with Crippen molar-refractivity contribution in [1.82, 2.24) is 10.6 Å². The zero-order valence-electron chi connectivity index (χ0n) is 8.33. The summed E-state index contributed by atoms with van der Waals surface area (Å²) >= 11 is 0. The van der Waals surface area contributed by atoms with Crippen LogP contribution in [0, 0.1) is 11.3 Å². The summed E-state index contributed by atoms with van der Waals surface area (Å²) in [4.78, 5) is 21.7. The Morgan fingerprint density at radius 2 is 1.94 bits per heavy atom. The number of alkyl halides is 2. The second-order valence-corrected chi connectivity index (χ2v) is 2.56. The number of amides is 2. The van der Waals surface area contributed by atoms with Crippen molar-refractivity contribution in [2.75, 3.05) is 26.3 Å². The summed E-state index contributed by atoms with van der Waals surface area (Å²) < 4.78 is 27.6. The van der Waals surface area contributed by atoms with E-state index in [4.69, 9.17) is 5.26 Å². The molecule has 0 unspecified atom stereocenters. The Labute approximate surface area is 90.6 Å². The largest absolute Gasteiger partial charge is 0.374 e. The molecule has 16 heavy (non-hydrogen) atoms. The van der Waals surface area contributed by atoms with Crippen molar-refractivity contribution >= 4 is 11.8 Å². The van der Waals surface area contributed by atoms with E-state index in [0.29, 0.717) is 0 Å². The average molecular weight is 235 g/mol. The lowest BCUT2D eigenvalue weighted by Gasteiger charge is -2.05. The van der Waals surface area contributed by atoms with Crippen LogP contribution in [-0.2, 0) is 14.3 Å². The quantitative estimate of drug-likeness (QED) is 0.352. The van der Waals surface area contributed by atoms with Gasteiger partial charge in [0.1, 0.15) is 13.2 Å². The van der Waals surface area contributed by atoms with Gasteiger partial charge < -0.3 is 15.4 Å². The van der Waals surface area contributed by atoms with Crippen molar-refractivity contribution in [3.05, 3.63) is 0 Å². The molecule has 90 valence electrons. The van der Waals surface area contributed by atoms with Crippen LogP contribution < -0.4 is 10.6 Å². The molecule has 8 heteroatoms. The van der Waals surface area contributed by atoms with Crippen LogP contribution in [0.25, 0.3) is 0 Å². The van der Waals surface area contributed by atoms with Crippen LogP contribution in [0.15, 0.2) is 0 Å². The number of carbonyl (C=O) groups is 2. The molecule has 0 saturated heterocycles. The number of nitrogens with zero attached hydrogens (tertiary/aromatic N) is 1. The molecule has 0 heterocycles. The molecule has 0 rings (SSSR count). The highest BCUT2D eigenvalue weighted by Crippen LogP contribution is 1.91. The fourth-order valence-corrected chi connectivity index (χ4v) is 0.690. The molecule has 2 amide bonds. The highest BCUT2D eigenvalue weighted by atomic mass is 19.3. The minimum absolute atomic E-state index is 0.0501. The molecule has 0 bridgehead atoms. The summed E-state index contributed by atoms with van der Waals surface area (Å²) in [6, 6.07) is 1.62. The van der Waals surface area contributed by atoms with Crippen LogP contribution >= 0.6 is 0 Å². The van der Waals surface area contributed by atoms with Gasteiger partial charge in [-0.1, -0.05) is 0 Å². The second kappa shape index (κ2) is 8.55. The van der Waals surface area contributed by atoms with Gasteiger partial charge >= 0.3 is 11.8 Å². The van der Waals surface area contributed by atoms with E-state index in [2.05, 4.69) is 10.1 Å². The summed E-state index contributed by atoms with van der Waals surface area (Å²) in [6.07, 6.45) is -2.56. The molecule has 0 aliphatic heterocycles. The predicted molar refractivity (Wildman–Crippen MR) is 48.5 cm³/mol. The van der Waals surface area contributed by atoms with E-state index in [1.54, 1.807) is 6.07 Å². The van der Waals surface area contributed by atoms with Gasteiger partial charge in [0.15, 0.2) is 0 Å². The molecule has 0 aromatic carbocycles. The lowest BCUT2D eigenvalue weighted by Crippen LogP contribution is -2.41. The third-order valence-corrected chi connectivity index (χ3v) is 1.31. The third kappa shape index (κ3) is 7.64. The Hall–Kier alpha value is -1.75. The first-order chi connectivity index (χ1) is 7.57. The highest BCUT2D eigenvalue weighted by Gasteiger charge is 2.11. The fraction of sp³-hybridized carbons (Fsp3) is 0.625. The minimum atomic E-state index is -2.56. The van der Waals surface area contributed by atoms with Gasteiger partial charge in [0.05, 0.1) is 12.7 Å². The summed E-state index contributed by atoms with van der Waals surface area (Å²) in [5, 5.41) is 12.3. The zero-order valence-corrected chi connectivity index (χ0v) is 8.33. The monoisotopic (exact) mass is 235 g/mol.